The quantitative estimate of drug-likeness (QED) is 0.567. The lowest BCUT2D eigenvalue weighted by Gasteiger charge is -2.06. The Bertz CT molecular complexity index is 1060. The summed E-state index contributed by atoms with van der Waals surface area (Å²) in [5.74, 6) is 1.10. The smallest absolute Gasteiger partial charge is 0.248 e. The molecule has 2 aromatic carbocycles. The van der Waals surface area contributed by atoms with Crippen LogP contribution in [0.3, 0.4) is 0 Å². The van der Waals surface area contributed by atoms with Gasteiger partial charge in [0.05, 0.1) is 13.0 Å². The zero-order valence-electron chi connectivity index (χ0n) is 16.1. The van der Waals surface area contributed by atoms with Crippen molar-refractivity contribution in [1.82, 2.24) is 5.32 Å². The first-order valence-corrected chi connectivity index (χ1v) is 10.3. The molecule has 1 aliphatic heterocycles. The predicted molar refractivity (Wildman–Crippen MR) is 117 cm³/mol. The summed E-state index contributed by atoms with van der Waals surface area (Å²) in [4.78, 5) is 25.3. The molecule has 0 unspecified atom stereocenters. The number of hydrogen-bond donors (Lipinski definition) is 2. The van der Waals surface area contributed by atoms with Gasteiger partial charge in [0.15, 0.2) is 11.5 Å². The number of amides is 2. The van der Waals surface area contributed by atoms with Gasteiger partial charge in [0.2, 0.25) is 18.6 Å². The van der Waals surface area contributed by atoms with Gasteiger partial charge in [-0.25, -0.2) is 0 Å². The number of fused-ring (bicyclic) bond motifs is 1. The molecular weight excluding hydrogens is 400 g/mol. The van der Waals surface area contributed by atoms with Crippen LogP contribution in [0, 0.1) is 0 Å². The summed E-state index contributed by atoms with van der Waals surface area (Å²) in [6, 6.07) is 16.7. The number of hydrogen-bond acceptors (Lipinski definition) is 5. The van der Waals surface area contributed by atoms with Gasteiger partial charge in [0.1, 0.15) is 0 Å². The van der Waals surface area contributed by atoms with E-state index in [1.54, 1.807) is 29.5 Å². The summed E-state index contributed by atoms with van der Waals surface area (Å²) in [6.45, 7) is 0.760. The van der Waals surface area contributed by atoms with Crippen molar-refractivity contribution < 1.29 is 19.1 Å². The summed E-state index contributed by atoms with van der Waals surface area (Å²) >= 11 is 1.61. The Hall–Kier alpha value is -3.58. The third-order valence-electron chi connectivity index (χ3n) is 4.45. The van der Waals surface area contributed by atoms with Crippen molar-refractivity contribution >= 4 is 34.9 Å². The molecule has 0 saturated heterocycles. The minimum absolute atomic E-state index is 0.0353. The van der Waals surface area contributed by atoms with Crippen LogP contribution in [0.1, 0.15) is 16.0 Å². The molecule has 0 atom stereocenters. The third-order valence-corrected chi connectivity index (χ3v) is 5.33. The van der Waals surface area contributed by atoms with Crippen molar-refractivity contribution in [3.8, 4) is 11.5 Å². The van der Waals surface area contributed by atoms with Crippen LogP contribution in [-0.4, -0.2) is 18.6 Å². The van der Waals surface area contributed by atoms with Crippen molar-refractivity contribution in [2.75, 3.05) is 12.1 Å². The molecule has 0 radical (unpaired) electrons. The van der Waals surface area contributed by atoms with Crippen LogP contribution in [0.15, 0.2) is 66.1 Å². The molecule has 152 valence electrons. The van der Waals surface area contributed by atoms with Gasteiger partial charge in [-0.3, -0.25) is 9.59 Å². The first-order valence-electron chi connectivity index (χ1n) is 9.42. The Morgan fingerprint density at radius 1 is 1.03 bits per heavy atom. The third kappa shape index (κ3) is 5.27. The molecule has 1 aromatic heterocycles. The fraction of sp³-hybridized carbons (Fsp3) is 0.130. The Morgan fingerprint density at radius 3 is 2.67 bits per heavy atom. The first kappa shape index (κ1) is 19.7. The summed E-state index contributed by atoms with van der Waals surface area (Å²) in [5.41, 5.74) is 2.39. The normalized spacial score (nSPS) is 12.1. The van der Waals surface area contributed by atoms with Crippen molar-refractivity contribution in [2.24, 2.45) is 0 Å². The largest absolute Gasteiger partial charge is 0.454 e. The Kier molecular flexibility index (Phi) is 6.10. The van der Waals surface area contributed by atoms with E-state index in [9.17, 15) is 9.59 Å². The van der Waals surface area contributed by atoms with E-state index in [0.29, 0.717) is 30.2 Å². The number of ether oxygens (including phenoxy) is 2. The number of nitrogens with one attached hydrogen (secondary N) is 2. The molecule has 2 N–H and O–H groups in total. The van der Waals surface area contributed by atoms with E-state index in [-0.39, 0.29) is 18.6 Å². The summed E-state index contributed by atoms with van der Waals surface area (Å²) < 4.78 is 10.6. The Morgan fingerprint density at radius 2 is 1.87 bits per heavy atom. The van der Waals surface area contributed by atoms with Crippen LogP contribution in [-0.2, 0) is 22.6 Å². The maximum Gasteiger partial charge on any atom is 0.248 e. The molecule has 0 saturated carbocycles. The fourth-order valence-electron chi connectivity index (χ4n) is 2.93. The highest BCUT2D eigenvalue weighted by Crippen LogP contribution is 2.32. The zero-order chi connectivity index (χ0) is 20.8. The van der Waals surface area contributed by atoms with Crippen molar-refractivity contribution in [3.63, 3.8) is 0 Å². The highest BCUT2D eigenvalue weighted by atomic mass is 32.1. The molecule has 0 spiro atoms. The van der Waals surface area contributed by atoms with Crippen LogP contribution < -0.4 is 20.1 Å². The van der Waals surface area contributed by atoms with Gasteiger partial charge in [0.25, 0.3) is 0 Å². The molecule has 3 aromatic rings. The van der Waals surface area contributed by atoms with E-state index in [2.05, 4.69) is 10.6 Å². The molecule has 0 aliphatic carbocycles. The number of rotatable bonds is 7. The fourth-order valence-corrected chi connectivity index (χ4v) is 3.57. The summed E-state index contributed by atoms with van der Waals surface area (Å²) in [6.07, 6.45) is 3.47. The second-order valence-corrected chi connectivity index (χ2v) is 7.70. The maximum atomic E-state index is 12.2. The second-order valence-electron chi connectivity index (χ2n) is 6.67. The Balaban J connectivity index is 1.26. The lowest BCUT2D eigenvalue weighted by atomic mass is 10.1. The van der Waals surface area contributed by atoms with Crippen LogP contribution in [0.5, 0.6) is 11.5 Å². The number of thiophene rings is 1. The highest BCUT2D eigenvalue weighted by molar-refractivity contribution is 7.09. The molecule has 0 bridgehead atoms. The summed E-state index contributed by atoms with van der Waals surface area (Å²) in [5, 5.41) is 7.70. The molecule has 2 heterocycles. The molecule has 4 rings (SSSR count). The topological polar surface area (TPSA) is 76.7 Å². The summed E-state index contributed by atoms with van der Waals surface area (Å²) in [7, 11) is 0. The number of benzene rings is 2. The van der Waals surface area contributed by atoms with Crippen LogP contribution in [0.25, 0.3) is 6.08 Å². The van der Waals surface area contributed by atoms with E-state index >= 15 is 0 Å². The number of carbonyl (C=O) groups excluding carboxylic acids is 2. The maximum absolute atomic E-state index is 12.2. The van der Waals surface area contributed by atoms with Gasteiger partial charge in [-0.2, -0.15) is 0 Å². The minimum Gasteiger partial charge on any atom is -0.454 e. The van der Waals surface area contributed by atoms with E-state index < -0.39 is 0 Å². The molecular formula is C23H20N2O4S. The number of anilines is 1. The van der Waals surface area contributed by atoms with Crippen LogP contribution >= 0.6 is 11.3 Å². The average molecular weight is 420 g/mol. The van der Waals surface area contributed by atoms with Crippen LogP contribution in [0.2, 0.25) is 0 Å². The first-order chi connectivity index (χ1) is 14.7. The minimum atomic E-state index is -0.242. The SMILES string of the molecule is O=C(C=Cc1ccc2c(c1)OCO2)Nc1ccc(CC(=O)NCc2cccs2)cc1. The number of carbonyl (C=O) groups is 2. The van der Waals surface area contributed by atoms with Crippen molar-refractivity contribution in [2.45, 2.75) is 13.0 Å². The van der Waals surface area contributed by atoms with Gasteiger partial charge in [-0.1, -0.05) is 24.3 Å². The molecule has 7 heteroatoms. The van der Waals surface area contributed by atoms with Gasteiger partial charge in [-0.05, 0) is 52.9 Å². The lowest BCUT2D eigenvalue weighted by Crippen LogP contribution is -2.24. The molecule has 30 heavy (non-hydrogen) atoms. The lowest BCUT2D eigenvalue weighted by molar-refractivity contribution is -0.120. The average Bonchev–Trinajstić information content (AvgIpc) is 3.43. The Labute approximate surface area is 178 Å². The van der Waals surface area contributed by atoms with Crippen molar-refractivity contribution in [1.29, 1.82) is 0 Å². The molecule has 1 aliphatic rings. The van der Waals surface area contributed by atoms with Crippen molar-refractivity contribution in [3.05, 3.63) is 82.1 Å². The van der Waals surface area contributed by atoms with Crippen LogP contribution in [0.4, 0.5) is 5.69 Å². The van der Waals surface area contributed by atoms with E-state index in [0.717, 1.165) is 16.0 Å². The van der Waals surface area contributed by atoms with Gasteiger partial charge in [0, 0.05) is 16.6 Å². The predicted octanol–water partition coefficient (Wildman–Crippen LogP) is 3.99. The molecule has 6 nitrogen and oxygen atoms in total. The molecule has 0 fully saturated rings. The van der Waals surface area contributed by atoms with E-state index in [4.69, 9.17) is 9.47 Å². The highest BCUT2D eigenvalue weighted by Gasteiger charge is 2.12. The second kappa shape index (κ2) is 9.28. The standard InChI is InChI=1S/C23H20N2O4S/c26-22(10-6-16-5-9-20-21(12-16)29-15-28-20)25-18-7-3-17(4-8-18)13-23(27)24-14-19-2-1-11-30-19/h1-12H,13-15H2,(H,24,27)(H,25,26). The van der Waals surface area contributed by atoms with Gasteiger partial charge >= 0.3 is 0 Å². The van der Waals surface area contributed by atoms with E-state index in [1.807, 2.05) is 47.8 Å². The van der Waals surface area contributed by atoms with Gasteiger partial charge < -0.3 is 20.1 Å². The monoisotopic (exact) mass is 420 g/mol. The van der Waals surface area contributed by atoms with E-state index in [1.165, 1.54) is 6.08 Å². The zero-order valence-corrected chi connectivity index (χ0v) is 16.9. The van der Waals surface area contributed by atoms with Gasteiger partial charge in [-0.15, -0.1) is 11.3 Å². The molecule has 2 amide bonds.